The second-order valence-electron chi connectivity index (χ2n) is 6.72. The lowest BCUT2D eigenvalue weighted by atomic mass is 10.1. The van der Waals surface area contributed by atoms with Crippen LogP contribution < -0.4 is 4.90 Å². The summed E-state index contributed by atoms with van der Waals surface area (Å²) in [6.07, 6.45) is 0. The first-order valence-electron chi connectivity index (χ1n) is 9.16. The summed E-state index contributed by atoms with van der Waals surface area (Å²) in [5.41, 5.74) is 1.59. The number of rotatable bonds is 4. The fourth-order valence-corrected chi connectivity index (χ4v) is 3.33. The highest BCUT2D eigenvalue weighted by Gasteiger charge is 2.24. The Morgan fingerprint density at radius 3 is 2.21 bits per heavy atom. The molecule has 0 saturated carbocycles. The summed E-state index contributed by atoms with van der Waals surface area (Å²) < 4.78 is 18.8. The van der Waals surface area contributed by atoms with Crippen LogP contribution in [-0.4, -0.2) is 41.9 Å². The van der Waals surface area contributed by atoms with E-state index in [1.165, 1.54) is 24.3 Å². The highest BCUT2D eigenvalue weighted by atomic mass is 19.1. The Balaban J connectivity index is 1.40. The third-order valence-corrected chi connectivity index (χ3v) is 4.94. The van der Waals surface area contributed by atoms with Crippen LogP contribution in [0.25, 0.3) is 11.3 Å². The molecule has 8 heteroatoms. The molecule has 0 radical (unpaired) electrons. The third-order valence-electron chi connectivity index (χ3n) is 4.94. The van der Waals surface area contributed by atoms with Crippen molar-refractivity contribution in [2.75, 3.05) is 31.1 Å². The maximum Gasteiger partial charge on any atom is 0.289 e. The number of nitro groups is 1. The minimum absolute atomic E-state index is 0.00404. The SMILES string of the molecule is O=C(c1ccc(-c2ccc([N+](=O)[O-])cc2)o1)N1CCN(c2ccc(F)cc2)CC1. The predicted molar refractivity (Wildman–Crippen MR) is 105 cm³/mol. The molecule has 1 aromatic heterocycles. The zero-order valence-corrected chi connectivity index (χ0v) is 15.5. The van der Waals surface area contributed by atoms with Crippen LogP contribution in [0.4, 0.5) is 15.8 Å². The molecule has 4 rings (SSSR count). The summed E-state index contributed by atoms with van der Waals surface area (Å²) in [5, 5.41) is 10.8. The predicted octanol–water partition coefficient (Wildman–Crippen LogP) is 3.96. The van der Waals surface area contributed by atoms with Gasteiger partial charge in [0.25, 0.3) is 11.6 Å². The van der Waals surface area contributed by atoms with Gasteiger partial charge in [-0.25, -0.2) is 4.39 Å². The average Bonchev–Trinajstić information content (AvgIpc) is 3.24. The molecule has 0 aliphatic carbocycles. The number of non-ortho nitro benzene ring substituents is 1. The van der Waals surface area contributed by atoms with E-state index in [1.54, 1.807) is 41.3 Å². The lowest BCUT2D eigenvalue weighted by Gasteiger charge is -2.35. The maximum absolute atomic E-state index is 13.1. The molecule has 0 N–H and O–H groups in total. The largest absolute Gasteiger partial charge is 0.451 e. The van der Waals surface area contributed by atoms with Gasteiger partial charge in [-0.1, -0.05) is 0 Å². The summed E-state index contributed by atoms with van der Waals surface area (Å²) >= 11 is 0. The molecule has 7 nitrogen and oxygen atoms in total. The molecule has 29 heavy (non-hydrogen) atoms. The minimum atomic E-state index is -0.466. The highest BCUT2D eigenvalue weighted by Crippen LogP contribution is 2.25. The van der Waals surface area contributed by atoms with Crippen molar-refractivity contribution in [1.82, 2.24) is 4.90 Å². The average molecular weight is 395 g/mol. The quantitative estimate of drug-likeness (QED) is 0.494. The van der Waals surface area contributed by atoms with Crippen LogP contribution in [-0.2, 0) is 0 Å². The van der Waals surface area contributed by atoms with E-state index in [-0.39, 0.29) is 23.2 Å². The molecule has 1 aliphatic rings. The number of nitrogens with zero attached hydrogens (tertiary/aromatic N) is 3. The number of hydrogen-bond acceptors (Lipinski definition) is 5. The van der Waals surface area contributed by atoms with E-state index in [4.69, 9.17) is 4.42 Å². The molecular weight excluding hydrogens is 377 g/mol. The summed E-state index contributed by atoms with van der Waals surface area (Å²) in [6.45, 7) is 2.36. The Kier molecular flexibility index (Phi) is 4.99. The van der Waals surface area contributed by atoms with Gasteiger partial charge in [0.05, 0.1) is 4.92 Å². The molecule has 1 aliphatic heterocycles. The van der Waals surface area contributed by atoms with E-state index in [0.29, 0.717) is 37.5 Å². The van der Waals surface area contributed by atoms with E-state index in [0.717, 1.165) is 5.69 Å². The zero-order valence-electron chi connectivity index (χ0n) is 15.5. The Hall–Kier alpha value is -3.68. The number of hydrogen-bond donors (Lipinski definition) is 0. The van der Waals surface area contributed by atoms with Gasteiger partial charge in [-0.2, -0.15) is 0 Å². The number of nitro benzene ring substituents is 1. The van der Waals surface area contributed by atoms with Crippen molar-refractivity contribution in [3.05, 3.63) is 82.4 Å². The van der Waals surface area contributed by atoms with Crippen molar-refractivity contribution >= 4 is 17.3 Å². The van der Waals surface area contributed by atoms with Crippen LogP contribution in [0.15, 0.2) is 65.1 Å². The van der Waals surface area contributed by atoms with Crippen molar-refractivity contribution in [1.29, 1.82) is 0 Å². The van der Waals surface area contributed by atoms with E-state index in [2.05, 4.69) is 4.90 Å². The summed E-state index contributed by atoms with van der Waals surface area (Å²) in [7, 11) is 0. The topological polar surface area (TPSA) is 79.8 Å². The van der Waals surface area contributed by atoms with Crippen LogP contribution in [0.5, 0.6) is 0 Å². The van der Waals surface area contributed by atoms with E-state index in [9.17, 15) is 19.3 Å². The fourth-order valence-electron chi connectivity index (χ4n) is 3.33. The fraction of sp³-hybridized carbons (Fsp3) is 0.190. The lowest BCUT2D eigenvalue weighted by Crippen LogP contribution is -2.48. The van der Waals surface area contributed by atoms with Gasteiger partial charge in [-0.05, 0) is 48.5 Å². The number of halogens is 1. The Bertz CT molecular complexity index is 1020. The molecular formula is C21H18FN3O4. The summed E-state index contributed by atoms with van der Waals surface area (Å²) in [4.78, 5) is 26.9. The molecule has 2 aromatic carbocycles. The number of amides is 1. The molecule has 148 valence electrons. The lowest BCUT2D eigenvalue weighted by molar-refractivity contribution is -0.384. The van der Waals surface area contributed by atoms with E-state index >= 15 is 0 Å². The van der Waals surface area contributed by atoms with Crippen LogP contribution in [0.2, 0.25) is 0 Å². The molecule has 1 fully saturated rings. The summed E-state index contributed by atoms with van der Waals surface area (Å²) in [6, 6.07) is 15.6. The number of piperazine rings is 1. The second-order valence-corrected chi connectivity index (χ2v) is 6.72. The van der Waals surface area contributed by atoms with Crippen LogP contribution in [0.1, 0.15) is 10.6 Å². The minimum Gasteiger partial charge on any atom is -0.451 e. The molecule has 0 atom stereocenters. The number of carbonyl (C=O) groups is 1. The standard InChI is InChI=1S/C21H18FN3O4/c22-16-3-7-17(8-4-16)23-11-13-24(14-12-23)21(26)20-10-9-19(29-20)15-1-5-18(6-2-15)25(27)28/h1-10H,11-14H2. The third kappa shape index (κ3) is 3.96. The van der Waals surface area contributed by atoms with Crippen molar-refractivity contribution in [3.8, 4) is 11.3 Å². The Morgan fingerprint density at radius 2 is 1.59 bits per heavy atom. The zero-order chi connectivity index (χ0) is 20.4. The monoisotopic (exact) mass is 395 g/mol. The molecule has 1 saturated heterocycles. The van der Waals surface area contributed by atoms with Gasteiger partial charge in [-0.15, -0.1) is 0 Å². The van der Waals surface area contributed by atoms with Gasteiger partial charge >= 0.3 is 0 Å². The number of anilines is 1. The van der Waals surface area contributed by atoms with E-state index in [1.807, 2.05) is 0 Å². The van der Waals surface area contributed by atoms with Crippen molar-refractivity contribution in [3.63, 3.8) is 0 Å². The van der Waals surface area contributed by atoms with Crippen molar-refractivity contribution in [2.24, 2.45) is 0 Å². The molecule has 0 spiro atoms. The number of benzene rings is 2. The Morgan fingerprint density at radius 1 is 0.931 bits per heavy atom. The van der Waals surface area contributed by atoms with Crippen LogP contribution in [0.3, 0.4) is 0 Å². The van der Waals surface area contributed by atoms with Crippen molar-refractivity contribution in [2.45, 2.75) is 0 Å². The van der Waals surface area contributed by atoms with Crippen LogP contribution in [0, 0.1) is 15.9 Å². The highest BCUT2D eigenvalue weighted by molar-refractivity contribution is 5.92. The normalized spacial score (nSPS) is 14.1. The first kappa shape index (κ1) is 18.7. The smallest absolute Gasteiger partial charge is 0.289 e. The van der Waals surface area contributed by atoms with Gasteiger partial charge in [0, 0.05) is 49.6 Å². The first-order valence-corrected chi connectivity index (χ1v) is 9.16. The Labute approximate surface area is 166 Å². The summed E-state index contributed by atoms with van der Waals surface area (Å²) in [5.74, 6) is 0.239. The number of carbonyl (C=O) groups excluding carboxylic acids is 1. The molecule has 0 bridgehead atoms. The maximum atomic E-state index is 13.1. The van der Waals surface area contributed by atoms with Gasteiger partial charge < -0.3 is 14.2 Å². The van der Waals surface area contributed by atoms with Gasteiger partial charge in [0.15, 0.2) is 5.76 Å². The second kappa shape index (κ2) is 7.75. The van der Waals surface area contributed by atoms with Crippen molar-refractivity contribution < 1.29 is 18.5 Å². The van der Waals surface area contributed by atoms with Gasteiger partial charge in [-0.3, -0.25) is 14.9 Å². The van der Waals surface area contributed by atoms with E-state index < -0.39 is 4.92 Å². The van der Waals surface area contributed by atoms with Crippen LogP contribution >= 0.6 is 0 Å². The molecule has 3 aromatic rings. The molecule has 0 unspecified atom stereocenters. The van der Waals surface area contributed by atoms with Gasteiger partial charge in [0.1, 0.15) is 11.6 Å². The molecule has 2 heterocycles. The molecule has 1 amide bonds. The van der Waals surface area contributed by atoms with Gasteiger partial charge in [0.2, 0.25) is 0 Å². The first-order chi connectivity index (χ1) is 14.0. The number of furan rings is 1.